The predicted octanol–water partition coefficient (Wildman–Crippen LogP) is 1.62. The highest BCUT2D eigenvalue weighted by atomic mass is 16.2. The van der Waals surface area contributed by atoms with Crippen LogP contribution in [0.1, 0.15) is 37.3 Å². The number of carbonyl (C=O) groups is 1. The molecule has 1 saturated carbocycles. The van der Waals surface area contributed by atoms with Crippen LogP contribution in [-0.4, -0.2) is 24.5 Å². The molecule has 0 bridgehead atoms. The number of amides is 1. The van der Waals surface area contributed by atoms with Crippen molar-refractivity contribution in [1.29, 1.82) is 0 Å². The van der Waals surface area contributed by atoms with E-state index in [1.807, 2.05) is 18.2 Å². The molecule has 1 amide bonds. The summed E-state index contributed by atoms with van der Waals surface area (Å²) in [7, 11) is 0. The van der Waals surface area contributed by atoms with E-state index in [9.17, 15) is 4.79 Å². The fourth-order valence-electron chi connectivity index (χ4n) is 3.86. The van der Waals surface area contributed by atoms with Crippen LogP contribution in [0.25, 0.3) is 0 Å². The van der Waals surface area contributed by atoms with E-state index in [2.05, 4.69) is 28.1 Å². The Hall–Kier alpha value is -1.81. The molecule has 4 heteroatoms. The van der Waals surface area contributed by atoms with Gasteiger partial charge in [0, 0.05) is 17.8 Å². The average Bonchev–Trinajstić information content (AvgIpc) is 2.80. The van der Waals surface area contributed by atoms with E-state index < -0.39 is 0 Å². The minimum Gasteiger partial charge on any atom is -0.382 e. The highest BCUT2D eigenvalue weighted by molar-refractivity contribution is 5.98. The van der Waals surface area contributed by atoms with Crippen LogP contribution in [0.15, 0.2) is 41.6 Å². The number of benzene rings is 1. The van der Waals surface area contributed by atoms with Crippen molar-refractivity contribution in [2.24, 2.45) is 0 Å². The second kappa shape index (κ2) is 5.19. The lowest BCUT2D eigenvalue weighted by molar-refractivity contribution is -0.117. The van der Waals surface area contributed by atoms with E-state index in [1.54, 1.807) is 0 Å². The van der Waals surface area contributed by atoms with Gasteiger partial charge in [0.05, 0.1) is 18.2 Å². The Kier molecular flexibility index (Phi) is 3.19. The van der Waals surface area contributed by atoms with Crippen LogP contribution < -0.4 is 16.0 Å². The largest absolute Gasteiger partial charge is 0.382 e. The van der Waals surface area contributed by atoms with Crippen molar-refractivity contribution >= 4 is 5.91 Å². The maximum absolute atomic E-state index is 12.3. The van der Waals surface area contributed by atoms with Crippen LogP contribution in [0.5, 0.6) is 0 Å². The summed E-state index contributed by atoms with van der Waals surface area (Å²) in [5.41, 5.74) is 3.15. The molecule has 3 atom stereocenters. The number of fused-ring (bicyclic) bond motifs is 1. The van der Waals surface area contributed by atoms with Gasteiger partial charge in [-0.25, -0.2) is 0 Å². The first kappa shape index (κ1) is 12.9. The quantitative estimate of drug-likeness (QED) is 0.734. The molecule has 0 saturated heterocycles. The smallest absolute Gasteiger partial charge is 0.251 e. The van der Waals surface area contributed by atoms with E-state index in [1.165, 1.54) is 31.2 Å². The molecule has 1 aromatic rings. The van der Waals surface area contributed by atoms with Crippen LogP contribution in [0.3, 0.4) is 0 Å². The minimum atomic E-state index is 0.00398. The van der Waals surface area contributed by atoms with Gasteiger partial charge in [0.2, 0.25) is 0 Å². The predicted molar refractivity (Wildman–Crippen MR) is 81.5 cm³/mol. The maximum Gasteiger partial charge on any atom is 0.251 e. The minimum absolute atomic E-state index is 0.00398. The molecule has 4 nitrogen and oxygen atoms in total. The highest BCUT2D eigenvalue weighted by Crippen LogP contribution is 2.33. The van der Waals surface area contributed by atoms with Crippen LogP contribution in [0, 0.1) is 0 Å². The topological polar surface area (TPSA) is 53.2 Å². The van der Waals surface area contributed by atoms with Gasteiger partial charge in [-0.05, 0) is 18.4 Å². The molecule has 1 aliphatic carbocycles. The Morgan fingerprint density at radius 2 is 1.76 bits per heavy atom. The fraction of sp³-hybridized carbons (Fsp3) is 0.471. The Morgan fingerprint density at radius 1 is 1.00 bits per heavy atom. The zero-order valence-electron chi connectivity index (χ0n) is 12.1. The summed E-state index contributed by atoms with van der Waals surface area (Å²) in [4.78, 5) is 12.3. The van der Waals surface area contributed by atoms with Crippen LogP contribution in [-0.2, 0) is 4.79 Å². The van der Waals surface area contributed by atoms with Gasteiger partial charge in [0.1, 0.15) is 0 Å². The number of nitrogens with one attached hydrogen (secondary N) is 3. The molecule has 1 fully saturated rings. The molecule has 0 spiro atoms. The molecule has 3 aliphatic rings. The standard InChI is InChI=1S/C17H21N3O/c21-17-15-14(10-18-17)19-12-8-4-5-9-13(12)20-16(15)11-6-2-1-3-7-11/h1-3,6-7,12-13,16,19-20H,4-5,8-10H2,(H,18,21). The van der Waals surface area contributed by atoms with Crippen LogP contribution in [0.2, 0.25) is 0 Å². The van der Waals surface area contributed by atoms with Gasteiger partial charge in [-0.1, -0.05) is 43.2 Å². The van der Waals surface area contributed by atoms with Crippen LogP contribution >= 0.6 is 0 Å². The lowest BCUT2D eigenvalue weighted by Gasteiger charge is -2.33. The maximum atomic E-state index is 12.3. The van der Waals surface area contributed by atoms with Crippen LogP contribution in [0.4, 0.5) is 0 Å². The Labute approximate surface area is 125 Å². The first-order valence-electron chi connectivity index (χ1n) is 7.92. The van der Waals surface area contributed by atoms with Gasteiger partial charge < -0.3 is 16.0 Å². The van der Waals surface area contributed by atoms with E-state index >= 15 is 0 Å². The van der Waals surface area contributed by atoms with E-state index in [0.717, 1.165) is 11.3 Å². The van der Waals surface area contributed by atoms with Crippen molar-refractivity contribution in [2.45, 2.75) is 43.8 Å². The number of hydrogen-bond donors (Lipinski definition) is 3. The SMILES string of the molecule is O=C1NCC2=C1C(c1ccccc1)NC1CCCCC1N2. The van der Waals surface area contributed by atoms with Crippen molar-refractivity contribution in [3.63, 3.8) is 0 Å². The van der Waals surface area contributed by atoms with Gasteiger partial charge in [-0.3, -0.25) is 4.79 Å². The lowest BCUT2D eigenvalue weighted by atomic mass is 9.89. The number of carbonyl (C=O) groups excluding carboxylic acids is 1. The molecule has 3 N–H and O–H groups in total. The zero-order chi connectivity index (χ0) is 14.2. The zero-order valence-corrected chi connectivity index (χ0v) is 12.1. The lowest BCUT2D eigenvalue weighted by Crippen LogP contribution is -2.49. The Morgan fingerprint density at radius 3 is 2.57 bits per heavy atom. The van der Waals surface area contributed by atoms with Crippen molar-refractivity contribution in [1.82, 2.24) is 16.0 Å². The highest BCUT2D eigenvalue weighted by Gasteiger charge is 2.38. The summed E-state index contributed by atoms with van der Waals surface area (Å²) in [5.74, 6) is 0.0671. The monoisotopic (exact) mass is 283 g/mol. The molecule has 1 aromatic carbocycles. The van der Waals surface area contributed by atoms with Gasteiger partial charge >= 0.3 is 0 Å². The molecule has 21 heavy (non-hydrogen) atoms. The van der Waals surface area contributed by atoms with Crippen molar-refractivity contribution < 1.29 is 4.79 Å². The fourth-order valence-corrected chi connectivity index (χ4v) is 3.86. The second-order valence-corrected chi connectivity index (χ2v) is 6.23. The Balaban J connectivity index is 1.75. The third-order valence-electron chi connectivity index (χ3n) is 4.92. The summed E-state index contributed by atoms with van der Waals surface area (Å²) < 4.78 is 0. The molecule has 110 valence electrons. The van der Waals surface area contributed by atoms with Crippen molar-refractivity contribution in [3.05, 3.63) is 47.2 Å². The van der Waals surface area contributed by atoms with E-state index in [-0.39, 0.29) is 11.9 Å². The van der Waals surface area contributed by atoms with Crippen molar-refractivity contribution in [2.75, 3.05) is 6.54 Å². The van der Waals surface area contributed by atoms with Gasteiger partial charge in [-0.15, -0.1) is 0 Å². The third-order valence-corrected chi connectivity index (χ3v) is 4.92. The Bertz CT molecular complexity index is 581. The second-order valence-electron chi connectivity index (χ2n) is 6.23. The molecule has 2 heterocycles. The van der Waals surface area contributed by atoms with E-state index in [4.69, 9.17) is 0 Å². The number of hydrogen-bond acceptors (Lipinski definition) is 3. The summed E-state index contributed by atoms with van der Waals surface area (Å²) in [6.07, 6.45) is 4.91. The summed E-state index contributed by atoms with van der Waals surface area (Å²) in [6.45, 7) is 0.641. The average molecular weight is 283 g/mol. The molecular formula is C17H21N3O. The summed E-state index contributed by atoms with van der Waals surface area (Å²) >= 11 is 0. The van der Waals surface area contributed by atoms with Gasteiger partial charge in [-0.2, -0.15) is 0 Å². The normalized spacial score (nSPS) is 31.8. The van der Waals surface area contributed by atoms with Gasteiger partial charge in [0.25, 0.3) is 5.91 Å². The number of rotatable bonds is 1. The summed E-state index contributed by atoms with van der Waals surface area (Å²) in [5, 5.41) is 10.4. The molecule has 4 rings (SSSR count). The van der Waals surface area contributed by atoms with Crippen molar-refractivity contribution in [3.8, 4) is 0 Å². The molecule has 2 aliphatic heterocycles. The molecular weight excluding hydrogens is 262 g/mol. The van der Waals surface area contributed by atoms with E-state index in [0.29, 0.717) is 18.6 Å². The first-order valence-corrected chi connectivity index (χ1v) is 7.92. The molecule has 0 radical (unpaired) electrons. The molecule has 3 unspecified atom stereocenters. The molecule has 0 aromatic heterocycles. The summed E-state index contributed by atoms with van der Waals surface area (Å²) in [6, 6.07) is 11.2. The third kappa shape index (κ3) is 2.23. The van der Waals surface area contributed by atoms with Gasteiger partial charge in [0.15, 0.2) is 0 Å². The first-order chi connectivity index (χ1) is 10.3.